The van der Waals surface area contributed by atoms with Gasteiger partial charge in [0.2, 0.25) is 5.91 Å². The summed E-state index contributed by atoms with van der Waals surface area (Å²) in [5.41, 5.74) is 3.95. The average molecular weight is 454 g/mol. The van der Waals surface area contributed by atoms with Crippen molar-refractivity contribution in [3.05, 3.63) is 94.1 Å². The van der Waals surface area contributed by atoms with Crippen molar-refractivity contribution in [3.8, 4) is 0 Å². The lowest BCUT2D eigenvalue weighted by Gasteiger charge is -2.30. The summed E-state index contributed by atoms with van der Waals surface area (Å²) in [7, 11) is 0. The predicted octanol–water partition coefficient (Wildman–Crippen LogP) is 4.70. The van der Waals surface area contributed by atoms with Crippen LogP contribution in [0.3, 0.4) is 0 Å². The van der Waals surface area contributed by atoms with Gasteiger partial charge in [-0.05, 0) is 67.2 Å². The Morgan fingerprint density at radius 1 is 0.853 bits per heavy atom. The Hall–Kier alpha value is -3.44. The normalized spacial score (nSPS) is 15.1. The van der Waals surface area contributed by atoms with Crippen LogP contribution in [-0.2, 0) is 24.4 Å². The van der Waals surface area contributed by atoms with Crippen LogP contribution in [0.1, 0.15) is 30.9 Å². The second kappa shape index (κ2) is 9.82. The van der Waals surface area contributed by atoms with E-state index in [9.17, 15) is 9.59 Å². The molecule has 1 aliphatic rings. The van der Waals surface area contributed by atoms with Crippen molar-refractivity contribution in [3.63, 3.8) is 0 Å². The van der Waals surface area contributed by atoms with Gasteiger partial charge in [0.15, 0.2) is 5.43 Å². The van der Waals surface area contributed by atoms with Gasteiger partial charge in [0.1, 0.15) is 6.54 Å². The summed E-state index contributed by atoms with van der Waals surface area (Å²) in [6.45, 7) is 6.32. The van der Waals surface area contributed by atoms with E-state index in [4.69, 9.17) is 0 Å². The van der Waals surface area contributed by atoms with Crippen molar-refractivity contribution in [2.24, 2.45) is 5.92 Å². The highest BCUT2D eigenvalue weighted by Gasteiger charge is 2.16. The van der Waals surface area contributed by atoms with Crippen LogP contribution in [0.15, 0.2) is 77.6 Å². The molecule has 1 fully saturated rings. The monoisotopic (exact) mass is 453 g/mol. The van der Waals surface area contributed by atoms with E-state index in [-0.39, 0.29) is 17.9 Å². The highest BCUT2D eigenvalue weighted by molar-refractivity contribution is 5.94. The second-order valence-corrected chi connectivity index (χ2v) is 9.50. The molecule has 1 aromatic heterocycles. The molecule has 2 heterocycles. The van der Waals surface area contributed by atoms with Crippen LogP contribution < -0.4 is 10.7 Å². The van der Waals surface area contributed by atoms with Gasteiger partial charge in [0.25, 0.3) is 0 Å². The number of piperidine rings is 1. The number of nitrogens with one attached hydrogen (secondary N) is 1. The van der Waals surface area contributed by atoms with Gasteiger partial charge in [-0.25, -0.2) is 0 Å². The zero-order valence-corrected chi connectivity index (χ0v) is 19.7. The summed E-state index contributed by atoms with van der Waals surface area (Å²) in [6.07, 6.45) is 2.56. The molecule has 34 heavy (non-hydrogen) atoms. The maximum absolute atomic E-state index is 12.9. The first-order chi connectivity index (χ1) is 16.6. The van der Waals surface area contributed by atoms with Gasteiger partial charge in [0.05, 0.1) is 11.0 Å². The average Bonchev–Trinajstić information content (AvgIpc) is 2.87. The number of benzene rings is 3. The molecule has 4 aromatic rings. The van der Waals surface area contributed by atoms with Crippen LogP contribution >= 0.6 is 0 Å². The van der Waals surface area contributed by atoms with Gasteiger partial charge < -0.3 is 9.88 Å². The number of carbonyl (C=O) groups is 1. The minimum Gasteiger partial charge on any atom is -0.350 e. The number of hydrogen-bond acceptors (Lipinski definition) is 3. The fourth-order valence-electron chi connectivity index (χ4n) is 4.89. The summed E-state index contributed by atoms with van der Waals surface area (Å²) in [6, 6.07) is 23.5. The molecule has 3 aromatic carbocycles. The third-order valence-electron chi connectivity index (χ3n) is 6.98. The molecule has 0 bridgehead atoms. The first-order valence-corrected chi connectivity index (χ1v) is 12.2. The molecule has 1 aliphatic heterocycles. The van der Waals surface area contributed by atoms with E-state index in [1.807, 2.05) is 53.1 Å². The highest BCUT2D eigenvalue weighted by Crippen LogP contribution is 2.20. The summed E-state index contributed by atoms with van der Waals surface area (Å²) in [4.78, 5) is 28.3. The van der Waals surface area contributed by atoms with Crippen molar-refractivity contribution in [2.45, 2.75) is 39.4 Å². The van der Waals surface area contributed by atoms with Gasteiger partial charge >= 0.3 is 0 Å². The minimum absolute atomic E-state index is 0.00186. The van der Waals surface area contributed by atoms with E-state index in [1.54, 1.807) is 0 Å². The van der Waals surface area contributed by atoms with Gasteiger partial charge in [-0.2, -0.15) is 0 Å². The van der Waals surface area contributed by atoms with E-state index >= 15 is 0 Å². The number of nitrogens with zero attached hydrogens (tertiary/aromatic N) is 2. The van der Waals surface area contributed by atoms with Crippen molar-refractivity contribution < 1.29 is 4.79 Å². The lowest BCUT2D eigenvalue weighted by atomic mass is 9.99. The number of amides is 1. The van der Waals surface area contributed by atoms with Gasteiger partial charge in [-0.3, -0.25) is 14.5 Å². The third-order valence-corrected chi connectivity index (χ3v) is 6.98. The number of carbonyl (C=O) groups excluding carboxylic acids is 1. The van der Waals surface area contributed by atoms with Crippen LogP contribution in [0.5, 0.6) is 0 Å². The molecular formula is C29H31N3O2. The fraction of sp³-hybridized carbons (Fsp3) is 0.310. The number of para-hydroxylation sites is 2. The molecule has 0 unspecified atom stereocenters. The van der Waals surface area contributed by atoms with E-state index in [0.717, 1.165) is 29.1 Å². The summed E-state index contributed by atoms with van der Waals surface area (Å²) < 4.78 is 1.93. The molecule has 0 atom stereocenters. The van der Waals surface area contributed by atoms with Crippen LogP contribution in [0.2, 0.25) is 0 Å². The highest BCUT2D eigenvalue weighted by atomic mass is 16.2. The van der Waals surface area contributed by atoms with Gasteiger partial charge in [-0.15, -0.1) is 0 Å². The molecule has 5 rings (SSSR count). The lowest BCUT2D eigenvalue weighted by Crippen LogP contribution is -2.32. The standard InChI is InChI=1S/C29H31N3O2/c1-21-14-16-31(17-15-21)19-23-12-10-22(11-13-23)18-30-28(33)20-32-26-8-4-2-6-24(26)29(34)25-7-3-5-9-27(25)32/h2-13,21H,14-20H2,1H3,(H,30,33). The van der Waals surface area contributed by atoms with Gasteiger partial charge in [-0.1, -0.05) is 55.5 Å². The minimum atomic E-state index is -0.0783. The van der Waals surface area contributed by atoms with E-state index < -0.39 is 0 Å². The Bertz CT molecular complexity index is 1310. The fourth-order valence-corrected chi connectivity index (χ4v) is 4.89. The van der Waals surface area contributed by atoms with Crippen LogP contribution in [-0.4, -0.2) is 28.5 Å². The number of hydrogen-bond donors (Lipinski definition) is 1. The summed E-state index contributed by atoms with van der Waals surface area (Å²) in [5, 5.41) is 4.31. The van der Waals surface area contributed by atoms with Crippen LogP contribution in [0, 0.1) is 5.92 Å². The zero-order chi connectivity index (χ0) is 23.5. The Balaban J connectivity index is 1.26. The van der Waals surface area contributed by atoms with Crippen molar-refractivity contribution in [1.29, 1.82) is 0 Å². The Morgan fingerprint density at radius 3 is 2.03 bits per heavy atom. The van der Waals surface area contributed by atoms with Gasteiger partial charge in [0, 0.05) is 23.9 Å². The molecule has 0 aliphatic carbocycles. The molecule has 1 saturated heterocycles. The van der Waals surface area contributed by atoms with Crippen LogP contribution in [0.4, 0.5) is 0 Å². The summed E-state index contributed by atoms with van der Waals surface area (Å²) in [5.74, 6) is 0.764. The molecule has 1 N–H and O–H groups in total. The molecule has 174 valence electrons. The first-order valence-electron chi connectivity index (χ1n) is 12.2. The molecule has 1 amide bonds. The molecule has 0 radical (unpaired) electrons. The van der Waals surface area contributed by atoms with E-state index in [2.05, 4.69) is 41.4 Å². The number of aromatic nitrogens is 1. The van der Waals surface area contributed by atoms with Crippen molar-refractivity contribution >= 4 is 27.7 Å². The molecule has 5 nitrogen and oxygen atoms in total. The SMILES string of the molecule is CC1CCN(Cc2ccc(CNC(=O)Cn3c4ccccc4c(=O)c4ccccc43)cc2)CC1. The number of likely N-dealkylation sites (tertiary alicyclic amines) is 1. The second-order valence-electron chi connectivity index (χ2n) is 9.50. The Labute approximate surface area is 200 Å². The maximum Gasteiger partial charge on any atom is 0.240 e. The maximum atomic E-state index is 12.9. The molecular weight excluding hydrogens is 422 g/mol. The predicted molar refractivity (Wildman–Crippen MR) is 138 cm³/mol. The molecule has 0 spiro atoms. The van der Waals surface area contributed by atoms with E-state index in [0.29, 0.717) is 17.3 Å². The topological polar surface area (TPSA) is 54.3 Å². The zero-order valence-electron chi connectivity index (χ0n) is 19.7. The van der Waals surface area contributed by atoms with Crippen molar-refractivity contribution in [2.75, 3.05) is 13.1 Å². The quantitative estimate of drug-likeness (QED) is 0.431. The number of pyridine rings is 1. The van der Waals surface area contributed by atoms with Crippen molar-refractivity contribution in [1.82, 2.24) is 14.8 Å². The summed E-state index contributed by atoms with van der Waals surface area (Å²) >= 11 is 0. The largest absolute Gasteiger partial charge is 0.350 e. The van der Waals surface area contributed by atoms with E-state index in [1.165, 1.54) is 31.5 Å². The molecule has 0 saturated carbocycles. The lowest BCUT2D eigenvalue weighted by molar-refractivity contribution is -0.121. The third kappa shape index (κ3) is 4.75. The Kier molecular flexibility index (Phi) is 6.45. The molecule has 5 heteroatoms. The first kappa shape index (κ1) is 22.4. The smallest absolute Gasteiger partial charge is 0.240 e. The number of rotatable bonds is 6. The Morgan fingerprint density at radius 2 is 1.41 bits per heavy atom. The number of fused-ring (bicyclic) bond motifs is 2. The van der Waals surface area contributed by atoms with Crippen LogP contribution in [0.25, 0.3) is 21.8 Å².